The van der Waals surface area contributed by atoms with Gasteiger partial charge >= 0.3 is 0 Å². The van der Waals surface area contributed by atoms with Crippen LogP contribution in [0.15, 0.2) is 29.2 Å². The summed E-state index contributed by atoms with van der Waals surface area (Å²) in [5, 5.41) is -0.330. The van der Waals surface area contributed by atoms with E-state index in [9.17, 15) is 13.2 Å². The van der Waals surface area contributed by atoms with E-state index in [1.54, 1.807) is 11.8 Å². The van der Waals surface area contributed by atoms with Gasteiger partial charge in [-0.15, -0.1) is 11.8 Å². The Balaban J connectivity index is 1.93. The van der Waals surface area contributed by atoms with E-state index in [2.05, 4.69) is 0 Å². The van der Waals surface area contributed by atoms with Crippen molar-refractivity contribution >= 4 is 27.4 Å². The van der Waals surface area contributed by atoms with Gasteiger partial charge in [0.2, 0.25) is 0 Å². The minimum absolute atomic E-state index is 0.0880. The monoisotopic (exact) mass is 326 g/mol. The van der Waals surface area contributed by atoms with Crippen LogP contribution in [0, 0.1) is 12.8 Å². The average molecular weight is 326 g/mol. The number of Topliss-reactive ketones (excluding diaryl/α,β-unsaturated/α-hetero) is 1. The molecular formula is C16H22O3S2. The van der Waals surface area contributed by atoms with Crippen LogP contribution >= 0.6 is 11.8 Å². The number of benzene rings is 1. The van der Waals surface area contributed by atoms with Crippen molar-refractivity contribution in [3.8, 4) is 0 Å². The lowest BCUT2D eigenvalue weighted by atomic mass is 9.86. The van der Waals surface area contributed by atoms with E-state index in [0.717, 1.165) is 17.7 Å². The lowest BCUT2D eigenvalue weighted by Crippen LogP contribution is -2.31. The molecule has 0 radical (unpaired) electrons. The Morgan fingerprint density at radius 1 is 1.29 bits per heavy atom. The Hall–Kier alpha value is -0.810. The van der Waals surface area contributed by atoms with E-state index < -0.39 is 9.84 Å². The molecule has 1 aliphatic carbocycles. The van der Waals surface area contributed by atoms with Crippen molar-refractivity contribution in [2.75, 3.05) is 12.0 Å². The van der Waals surface area contributed by atoms with Gasteiger partial charge in [0.15, 0.2) is 0 Å². The van der Waals surface area contributed by atoms with Crippen molar-refractivity contribution in [3.63, 3.8) is 0 Å². The first-order chi connectivity index (χ1) is 9.88. The number of hydrogen-bond acceptors (Lipinski definition) is 4. The molecule has 0 spiro atoms. The molecule has 0 aliphatic heterocycles. The third kappa shape index (κ3) is 4.58. The van der Waals surface area contributed by atoms with E-state index >= 15 is 0 Å². The topological polar surface area (TPSA) is 51.2 Å². The molecule has 1 aromatic rings. The van der Waals surface area contributed by atoms with Gasteiger partial charge in [0.05, 0.1) is 11.0 Å². The van der Waals surface area contributed by atoms with Gasteiger partial charge in [-0.1, -0.05) is 24.6 Å². The Morgan fingerprint density at radius 3 is 2.67 bits per heavy atom. The highest BCUT2D eigenvalue weighted by Crippen LogP contribution is 2.31. The number of aryl methyl sites for hydroxylation is 1. The molecule has 0 saturated heterocycles. The van der Waals surface area contributed by atoms with Crippen LogP contribution in [0.1, 0.15) is 31.2 Å². The molecule has 1 saturated carbocycles. The van der Waals surface area contributed by atoms with Crippen molar-refractivity contribution in [1.29, 1.82) is 0 Å². The fraction of sp³-hybridized carbons (Fsp3) is 0.562. The molecule has 0 bridgehead atoms. The molecular weight excluding hydrogens is 304 g/mol. The first kappa shape index (κ1) is 16.6. The number of carbonyl (C=O) groups is 1. The molecule has 0 heterocycles. The van der Waals surface area contributed by atoms with Crippen LogP contribution in [0.25, 0.3) is 0 Å². The summed E-state index contributed by atoms with van der Waals surface area (Å²) in [6.45, 7) is 2.03. The number of thioether (sulfide) groups is 1. The summed E-state index contributed by atoms with van der Waals surface area (Å²) in [5.41, 5.74) is 1.17. The van der Waals surface area contributed by atoms with Crippen LogP contribution < -0.4 is 0 Å². The lowest BCUT2D eigenvalue weighted by Gasteiger charge is -2.27. The maximum atomic E-state index is 12.3. The lowest BCUT2D eigenvalue weighted by molar-refractivity contribution is -0.121. The highest BCUT2D eigenvalue weighted by atomic mass is 32.2. The summed E-state index contributed by atoms with van der Waals surface area (Å²) >= 11 is 1.56. The number of sulfone groups is 1. The Bertz CT molecular complexity index is 608. The highest BCUT2D eigenvalue weighted by molar-refractivity contribution is 8.00. The van der Waals surface area contributed by atoms with Crippen molar-refractivity contribution in [1.82, 2.24) is 0 Å². The minimum Gasteiger partial charge on any atom is -0.298 e. The smallest absolute Gasteiger partial charge is 0.150 e. The van der Waals surface area contributed by atoms with Crippen LogP contribution in [-0.2, 0) is 14.6 Å². The SMILES string of the molecule is Cc1ccccc1SCC(=O)C1CCCC(S(C)(=O)=O)C1. The molecule has 21 heavy (non-hydrogen) atoms. The molecule has 1 fully saturated rings. The fourth-order valence-corrected chi connectivity index (χ4v) is 4.99. The van der Waals surface area contributed by atoms with E-state index in [1.807, 2.05) is 31.2 Å². The molecule has 2 rings (SSSR count). The first-order valence-electron chi connectivity index (χ1n) is 7.28. The second-order valence-corrected chi connectivity index (χ2v) is 9.18. The van der Waals surface area contributed by atoms with Gasteiger partial charge in [-0.25, -0.2) is 8.42 Å². The van der Waals surface area contributed by atoms with Crippen LogP contribution in [-0.4, -0.2) is 31.5 Å². The second-order valence-electron chi connectivity index (χ2n) is 5.84. The Kier molecular flexibility index (Phi) is 5.49. The molecule has 0 N–H and O–H groups in total. The molecule has 3 nitrogen and oxygen atoms in total. The van der Waals surface area contributed by atoms with E-state index in [1.165, 1.54) is 11.8 Å². The standard InChI is InChI=1S/C16H22O3S2/c1-12-6-3-4-9-16(12)20-11-15(17)13-7-5-8-14(10-13)21(2,18)19/h3-4,6,9,13-14H,5,7-8,10-11H2,1-2H3. The summed E-state index contributed by atoms with van der Waals surface area (Å²) in [6, 6.07) is 8.01. The maximum Gasteiger partial charge on any atom is 0.150 e. The van der Waals surface area contributed by atoms with Gasteiger partial charge in [-0.05, 0) is 37.8 Å². The van der Waals surface area contributed by atoms with Gasteiger partial charge in [0.1, 0.15) is 15.6 Å². The molecule has 1 aromatic carbocycles. The normalized spacial score (nSPS) is 23.0. The minimum atomic E-state index is -3.03. The molecule has 2 atom stereocenters. The maximum absolute atomic E-state index is 12.3. The number of ketones is 1. The predicted octanol–water partition coefficient (Wildman–Crippen LogP) is 3.26. The highest BCUT2D eigenvalue weighted by Gasteiger charge is 2.32. The number of rotatable bonds is 5. The molecule has 0 aromatic heterocycles. The Morgan fingerprint density at radius 2 is 2.00 bits per heavy atom. The van der Waals surface area contributed by atoms with Crippen molar-refractivity contribution in [3.05, 3.63) is 29.8 Å². The molecule has 1 aliphatic rings. The third-order valence-electron chi connectivity index (χ3n) is 4.15. The zero-order valence-electron chi connectivity index (χ0n) is 12.5. The summed E-state index contributed by atoms with van der Waals surface area (Å²) in [5.74, 6) is 0.540. The van der Waals surface area contributed by atoms with E-state index in [4.69, 9.17) is 0 Å². The van der Waals surface area contributed by atoms with E-state index in [0.29, 0.717) is 18.6 Å². The van der Waals surface area contributed by atoms with Gasteiger partial charge < -0.3 is 0 Å². The van der Waals surface area contributed by atoms with Crippen molar-refractivity contribution < 1.29 is 13.2 Å². The zero-order chi connectivity index (χ0) is 15.5. The summed E-state index contributed by atoms with van der Waals surface area (Å²) in [7, 11) is -3.03. The van der Waals surface area contributed by atoms with Crippen LogP contribution in [0.3, 0.4) is 0 Å². The van der Waals surface area contributed by atoms with Gasteiger partial charge in [-0.3, -0.25) is 4.79 Å². The van der Waals surface area contributed by atoms with Crippen LogP contribution in [0.5, 0.6) is 0 Å². The van der Waals surface area contributed by atoms with Gasteiger partial charge in [0.25, 0.3) is 0 Å². The van der Waals surface area contributed by atoms with Crippen LogP contribution in [0.2, 0.25) is 0 Å². The molecule has 0 amide bonds. The van der Waals surface area contributed by atoms with Crippen LogP contribution in [0.4, 0.5) is 0 Å². The number of carbonyl (C=O) groups excluding carboxylic acids is 1. The van der Waals surface area contributed by atoms with Crippen molar-refractivity contribution in [2.45, 2.75) is 42.8 Å². The molecule has 5 heteroatoms. The first-order valence-corrected chi connectivity index (χ1v) is 10.2. The average Bonchev–Trinajstić information content (AvgIpc) is 2.45. The molecule has 2 unspecified atom stereocenters. The summed E-state index contributed by atoms with van der Waals surface area (Å²) in [4.78, 5) is 13.5. The van der Waals surface area contributed by atoms with Gasteiger partial charge in [-0.2, -0.15) is 0 Å². The predicted molar refractivity (Wildman–Crippen MR) is 87.5 cm³/mol. The zero-order valence-corrected chi connectivity index (χ0v) is 14.2. The quantitative estimate of drug-likeness (QED) is 0.779. The number of hydrogen-bond donors (Lipinski definition) is 0. The summed E-state index contributed by atoms with van der Waals surface area (Å²) < 4.78 is 23.3. The van der Waals surface area contributed by atoms with E-state index in [-0.39, 0.29) is 17.0 Å². The summed E-state index contributed by atoms with van der Waals surface area (Å²) in [6.07, 6.45) is 4.16. The van der Waals surface area contributed by atoms with Crippen molar-refractivity contribution in [2.24, 2.45) is 5.92 Å². The second kappa shape index (κ2) is 6.97. The van der Waals surface area contributed by atoms with Gasteiger partial charge in [0, 0.05) is 17.1 Å². The Labute approximate surface area is 131 Å². The largest absolute Gasteiger partial charge is 0.298 e. The third-order valence-corrected chi connectivity index (χ3v) is 6.99. The molecule has 116 valence electrons. The fourth-order valence-electron chi connectivity index (χ4n) is 2.81.